The van der Waals surface area contributed by atoms with Crippen LogP contribution in [0.1, 0.15) is 33.3 Å². The first kappa shape index (κ1) is 27.5. The Morgan fingerprint density at radius 1 is 0.821 bits per heavy atom. The summed E-state index contributed by atoms with van der Waals surface area (Å²) in [6.07, 6.45) is -4.55. The second-order valence-electron chi connectivity index (χ2n) is 10.4. The Bertz CT molecular complexity index is 1720. The van der Waals surface area contributed by atoms with Crippen LogP contribution in [0.5, 0.6) is 5.75 Å². The second-order valence-corrected chi connectivity index (χ2v) is 14.7. The van der Waals surface area contributed by atoms with Crippen LogP contribution in [0.4, 0.5) is 18.9 Å². The fourth-order valence-corrected chi connectivity index (χ4v) is 8.34. The maximum atomic E-state index is 14.1. The molecule has 0 spiro atoms. The van der Waals surface area contributed by atoms with E-state index in [0.29, 0.717) is 5.75 Å². The van der Waals surface area contributed by atoms with Crippen molar-refractivity contribution in [2.45, 2.75) is 45.6 Å². The number of hydrogen-bond donors (Lipinski definition) is 0. The van der Waals surface area contributed by atoms with Gasteiger partial charge in [-0.25, -0.2) is 4.74 Å². The normalized spacial score (nSPS) is 13.9. The summed E-state index contributed by atoms with van der Waals surface area (Å²) < 4.78 is 57.3. The van der Waals surface area contributed by atoms with Gasteiger partial charge in [-0.15, -0.1) is 0 Å². The van der Waals surface area contributed by atoms with Gasteiger partial charge in [0.2, 0.25) is 0 Å². The van der Waals surface area contributed by atoms with Crippen molar-refractivity contribution in [3.8, 4) is 5.75 Å². The number of alkyl halides is 3. The summed E-state index contributed by atoms with van der Waals surface area (Å²) in [5.74, 6) is 0.547. The van der Waals surface area contributed by atoms with E-state index >= 15 is 0 Å². The molecule has 0 N–H and O–H groups in total. The van der Waals surface area contributed by atoms with E-state index in [0.717, 1.165) is 44.2 Å². The van der Waals surface area contributed by atoms with Crippen molar-refractivity contribution >= 4 is 56.0 Å². The highest BCUT2D eigenvalue weighted by molar-refractivity contribution is 9.10. The molecule has 202 valence electrons. The van der Waals surface area contributed by atoms with E-state index in [1.807, 2.05) is 69.3 Å². The number of aryl methyl sites for hydroxylation is 1. The summed E-state index contributed by atoms with van der Waals surface area (Å²) in [6, 6.07) is 27.1. The Balaban J connectivity index is 1.88. The lowest BCUT2D eigenvalue weighted by Gasteiger charge is -2.37. The van der Waals surface area contributed by atoms with Gasteiger partial charge in [-0.3, -0.25) is 0 Å². The van der Waals surface area contributed by atoms with E-state index in [9.17, 15) is 13.2 Å². The molecule has 0 aliphatic heterocycles. The van der Waals surface area contributed by atoms with Gasteiger partial charge in [0.25, 0.3) is 0 Å². The highest BCUT2D eigenvalue weighted by Gasteiger charge is 2.41. The maximum Gasteiger partial charge on any atom is 0.418 e. The highest BCUT2D eigenvalue weighted by atomic mass is 79.9. The summed E-state index contributed by atoms with van der Waals surface area (Å²) in [5, 5.41) is 2.25. The lowest BCUT2D eigenvalue weighted by atomic mass is 10.1. The molecule has 0 saturated carbocycles. The van der Waals surface area contributed by atoms with Crippen LogP contribution in [0.15, 0.2) is 100 Å². The second kappa shape index (κ2) is 10.2. The minimum Gasteiger partial charge on any atom is -0.455 e. The zero-order chi connectivity index (χ0) is 28.0. The Morgan fingerprint density at radius 2 is 1.46 bits per heavy atom. The van der Waals surface area contributed by atoms with Crippen LogP contribution in [0.3, 0.4) is 0 Å². The third-order valence-electron chi connectivity index (χ3n) is 6.84. The van der Waals surface area contributed by atoms with Crippen molar-refractivity contribution in [2.24, 2.45) is 4.74 Å². The molecule has 4 aromatic carbocycles. The molecule has 0 amide bonds. The largest absolute Gasteiger partial charge is 0.455 e. The molecule has 1 atom stereocenters. The van der Waals surface area contributed by atoms with E-state index in [1.165, 1.54) is 12.1 Å². The van der Waals surface area contributed by atoms with E-state index in [1.54, 1.807) is 6.07 Å². The van der Waals surface area contributed by atoms with Crippen molar-refractivity contribution in [3.05, 3.63) is 101 Å². The predicted octanol–water partition coefficient (Wildman–Crippen LogP) is 10.5. The van der Waals surface area contributed by atoms with Crippen LogP contribution in [-0.2, 0) is 12.7 Å². The minimum absolute atomic E-state index is 0.124. The average molecular weight is 613 g/mol. The van der Waals surface area contributed by atoms with E-state index in [4.69, 9.17) is 9.27 Å². The Kier molecular flexibility index (Phi) is 7.19. The van der Waals surface area contributed by atoms with Crippen molar-refractivity contribution in [1.82, 2.24) is 4.57 Å². The molecule has 0 saturated heterocycles. The number of nitrogens with zero attached hydrogens (tertiary/aromatic N) is 2. The van der Waals surface area contributed by atoms with Gasteiger partial charge in [-0.1, -0.05) is 67.0 Å². The van der Waals surface area contributed by atoms with Crippen LogP contribution in [0.2, 0.25) is 0 Å². The molecule has 39 heavy (non-hydrogen) atoms. The Morgan fingerprint density at radius 3 is 2.13 bits per heavy atom. The lowest BCUT2D eigenvalue weighted by molar-refractivity contribution is -0.137. The molecule has 0 fully saturated rings. The van der Waals surface area contributed by atoms with Crippen LogP contribution in [0.25, 0.3) is 21.8 Å². The summed E-state index contributed by atoms with van der Waals surface area (Å²) in [4.78, 5) is 0. The third kappa shape index (κ3) is 5.03. The standard InChI is InChI=1S/C31H29BrF3N2OP/c1-5-37-28-13-9-6-10-24(28)25-20-23(18-19-29(25)37)39(30(2,3)4,38-22-16-14-21(32)15-17-22)36-27-12-8-7-11-26(27)31(33,34)35/h6-20H,5H2,1-4H3. The monoisotopic (exact) mass is 612 g/mol. The Labute approximate surface area is 234 Å². The van der Waals surface area contributed by atoms with Crippen molar-refractivity contribution in [2.75, 3.05) is 0 Å². The first-order chi connectivity index (χ1) is 18.4. The topological polar surface area (TPSA) is 26.5 Å². The van der Waals surface area contributed by atoms with E-state index in [2.05, 4.69) is 45.6 Å². The van der Waals surface area contributed by atoms with Crippen molar-refractivity contribution in [1.29, 1.82) is 0 Å². The molecule has 5 aromatic rings. The molecular weight excluding hydrogens is 584 g/mol. The molecule has 1 heterocycles. The van der Waals surface area contributed by atoms with Gasteiger partial charge in [0, 0.05) is 43.3 Å². The first-order valence-electron chi connectivity index (χ1n) is 12.7. The zero-order valence-corrected chi connectivity index (χ0v) is 24.6. The molecule has 0 aliphatic carbocycles. The fraction of sp³-hybridized carbons (Fsp3) is 0.226. The van der Waals surface area contributed by atoms with E-state index in [-0.39, 0.29) is 5.69 Å². The molecule has 0 aliphatic rings. The molecule has 8 heteroatoms. The smallest absolute Gasteiger partial charge is 0.418 e. The highest BCUT2D eigenvalue weighted by Crippen LogP contribution is 2.63. The van der Waals surface area contributed by atoms with Gasteiger partial charge in [0.05, 0.1) is 11.3 Å². The molecule has 3 nitrogen and oxygen atoms in total. The number of hydrogen-bond acceptors (Lipinski definition) is 2. The average Bonchev–Trinajstić information content (AvgIpc) is 3.21. The molecular formula is C31H29BrF3N2OP. The minimum atomic E-state index is -4.55. The quantitative estimate of drug-likeness (QED) is 0.181. The van der Waals surface area contributed by atoms with Gasteiger partial charge < -0.3 is 9.09 Å². The van der Waals surface area contributed by atoms with Gasteiger partial charge in [0.1, 0.15) is 5.75 Å². The predicted molar refractivity (Wildman–Crippen MR) is 160 cm³/mol. The van der Waals surface area contributed by atoms with Gasteiger partial charge in [-0.2, -0.15) is 13.2 Å². The van der Waals surface area contributed by atoms with Crippen LogP contribution < -0.4 is 9.83 Å². The van der Waals surface area contributed by atoms with Crippen molar-refractivity contribution < 1.29 is 17.7 Å². The number of aromatic nitrogens is 1. The number of para-hydroxylation sites is 1. The lowest BCUT2D eigenvalue weighted by Crippen LogP contribution is -2.27. The SMILES string of the molecule is CCn1c2ccccc2c2cc(P(=Nc3ccccc3C(F)(F)F)(Oc3ccc(Br)cc3)C(C)(C)C)ccc21. The van der Waals surface area contributed by atoms with Crippen LogP contribution in [0, 0.1) is 0 Å². The fourth-order valence-electron chi connectivity index (χ4n) is 4.98. The number of fused-ring (bicyclic) bond motifs is 3. The number of halogens is 4. The molecule has 0 bridgehead atoms. The third-order valence-corrected chi connectivity index (χ3v) is 11.1. The maximum absolute atomic E-state index is 14.1. The molecule has 1 unspecified atom stereocenters. The number of benzene rings is 4. The van der Waals surface area contributed by atoms with Crippen molar-refractivity contribution in [3.63, 3.8) is 0 Å². The molecule has 0 radical (unpaired) electrons. The zero-order valence-electron chi connectivity index (χ0n) is 22.1. The van der Waals surface area contributed by atoms with E-state index < -0.39 is 24.2 Å². The summed E-state index contributed by atoms with van der Waals surface area (Å²) >= 11 is 3.46. The van der Waals surface area contributed by atoms with Gasteiger partial charge in [-0.05, 0) is 67.6 Å². The summed E-state index contributed by atoms with van der Waals surface area (Å²) in [6.45, 7) is 8.85. The first-order valence-corrected chi connectivity index (χ1v) is 15.2. The number of rotatable bonds is 5. The van der Waals surface area contributed by atoms with Crippen LogP contribution >= 0.6 is 23.2 Å². The summed E-state index contributed by atoms with van der Waals surface area (Å²) in [7, 11) is -3.17. The van der Waals surface area contributed by atoms with Gasteiger partial charge in [0.15, 0.2) is 7.28 Å². The van der Waals surface area contributed by atoms with Crippen LogP contribution in [-0.4, -0.2) is 9.72 Å². The molecule has 5 rings (SSSR count). The summed E-state index contributed by atoms with van der Waals surface area (Å²) in [5.41, 5.74) is 1.27. The Hall–Kier alpha value is -3.02. The molecule has 1 aromatic heterocycles. The van der Waals surface area contributed by atoms with Gasteiger partial charge >= 0.3 is 6.18 Å².